The zero-order valence-corrected chi connectivity index (χ0v) is 40.0. The third kappa shape index (κ3) is 6.66. The Labute approximate surface area is 417 Å². The van der Waals surface area contributed by atoms with Gasteiger partial charge in [0, 0.05) is 43.7 Å². The number of benzene rings is 10. The van der Waals surface area contributed by atoms with Gasteiger partial charge in [-0.3, -0.25) is 0 Å². The van der Waals surface area contributed by atoms with E-state index in [1.54, 1.807) is 0 Å². The summed E-state index contributed by atoms with van der Waals surface area (Å²) in [5.41, 5.74) is 13.3. The number of para-hydroxylation sites is 4. The smallest absolute Gasteiger partial charge is 0.159 e. The Morgan fingerprint density at radius 3 is 1.12 bits per heavy atom. The molecule has 14 rings (SSSR count). The van der Waals surface area contributed by atoms with E-state index in [2.05, 4.69) is 168 Å². The van der Waals surface area contributed by atoms with E-state index in [0.717, 1.165) is 99.5 Å². The van der Waals surface area contributed by atoms with Crippen molar-refractivity contribution in [2.24, 2.45) is 0 Å². The molecule has 0 spiro atoms. The van der Waals surface area contributed by atoms with Gasteiger partial charge in [0.05, 0.1) is 46.0 Å². The van der Waals surface area contributed by atoms with Crippen molar-refractivity contribution in [3.63, 3.8) is 0 Å². The van der Waals surface area contributed by atoms with Gasteiger partial charge < -0.3 is 18.6 Å². The Bertz CT molecular complexity index is 3890. The van der Waals surface area contributed by atoms with Crippen LogP contribution >= 0.6 is 0 Å². The Balaban J connectivity index is 0.992. The fraction of sp³-hybridized carbons (Fsp3) is 0.182. The lowest BCUT2D eigenvalue weighted by molar-refractivity contribution is 0.442. The van der Waals surface area contributed by atoms with Crippen molar-refractivity contribution in [1.29, 1.82) is 10.5 Å². The van der Waals surface area contributed by atoms with Crippen molar-refractivity contribution < 1.29 is 8.83 Å². The number of hydrogen-bond donors (Lipinski definition) is 0. The average Bonchev–Trinajstić information content (AvgIpc) is 4.04. The highest BCUT2D eigenvalue weighted by Gasteiger charge is 2.28. The number of rotatable bonds is 8. The maximum Gasteiger partial charge on any atom is 0.159 e. The number of anilines is 6. The second-order valence-electron chi connectivity index (χ2n) is 20.2. The molecule has 10 aromatic carbocycles. The van der Waals surface area contributed by atoms with Crippen LogP contribution < -0.4 is 9.80 Å². The van der Waals surface area contributed by atoms with Crippen LogP contribution in [0.3, 0.4) is 0 Å². The Morgan fingerprint density at radius 2 is 0.722 bits per heavy atom. The Morgan fingerprint density at radius 1 is 0.347 bits per heavy atom. The van der Waals surface area contributed by atoms with Crippen LogP contribution in [-0.4, -0.2) is 0 Å². The summed E-state index contributed by atoms with van der Waals surface area (Å²) in [6.07, 6.45) is 12.3. The number of hydrogen-bond acceptors (Lipinski definition) is 6. The van der Waals surface area contributed by atoms with Gasteiger partial charge in [0.2, 0.25) is 0 Å². The zero-order valence-electron chi connectivity index (χ0n) is 40.0. The van der Waals surface area contributed by atoms with Crippen LogP contribution in [0.25, 0.3) is 76.2 Å². The van der Waals surface area contributed by atoms with Gasteiger partial charge in [-0.2, -0.15) is 10.5 Å². The summed E-state index contributed by atoms with van der Waals surface area (Å²) >= 11 is 0. The van der Waals surface area contributed by atoms with Crippen LogP contribution in [0.2, 0.25) is 0 Å². The topological polar surface area (TPSA) is 80.3 Å². The van der Waals surface area contributed by atoms with Crippen molar-refractivity contribution in [1.82, 2.24) is 0 Å². The quantitative estimate of drug-likeness (QED) is 0.141. The first-order valence-electron chi connectivity index (χ1n) is 25.8. The van der Waals surface area contributed by atoms with Gasteiger partial charge in [-0.15, -0.1) is 0 Å². The molecule has 0 aliphatic heterocycles. The molecule has 2 aromatic heterocycles. The molecule has 0 saturated heterocycles. The molecule has 2 aliphatic rings. The number of fused-ring (bicyclic) bond motifs is 6. The standard InChI is InChI=1S/C66H50N4O2/c67-39-41-23-31-47(32-24-41)69(59-21-9-19-53-51-17-7-15-49(63(51)71-65(53)59)43-11-3-1-4-12-43)57-37-29-45-28-36-56-58(38-30-46-27-35-55(57)61(45)62(46)56)70(48-33-25-42(40-68)26-34-48)60-22-10-20-54-52-18-8-16-50(64(52)72-66(54)60)44-13-5-2-6-14-44/h7-10,15-38,43-44H,1-6,11-14H2. The van der Waals surface area contributed by atoms with E-state index in [4.69, 9.17) is 8.83 Å². The van der Waals surface area contributed by atoms with Gasteiger partial charge in [0.15, 0.2) is 11.2 Å². The summed E-state index contributed by atoms with van der Waals surface area (Å²) < 4.78 is 14.3. The van der Waals surface area contributed by atoms with E-state index in [0.29, 0.717) is 23.0 Å². The normalized spacial score (nSPS) is 14.8. The van der Waals surface area contributed by atoms with Crippen molar-refractivity contribution in [2.45, 2.75) is 76.0 Å². The zero-order chi connectivity index (χ0) is 47.9. The van der Waals surface area contributed by atoms with E-state index < -0.39 is 0 Å². The Hall–Kier alpha value is -8.58. The summed E-state index contributed by atoms with van der Waals surface area (Å²) in [5.74, 6) is 0.976. The summed E-state index contributed by atoms with van der Waals surface area (Å²) in [6, 6.07) is 64.9. The molecule has 346 valence electrons. The van der Waals surface area contributed by atoms with Crippen LogP contribution in [0.15, 0.2) is 179 Å². The molecule has 72 heavy (non-hydrogen) atoms. The molecule has 0 amide bonds. The van der Waals surface area contributed by atoms with Crippen LogP contribution in [0.4, 0.5) is 34.1 Å². The molecule has 0 atom stereocenters. The molecule has 6 heteroatoms. The van der Waals surface area contributed by atoms with Gasteiger partial charge in [-0.1, -0.05) is 136 Å². The van der Waals surface area contributed by atoms with Crippen molar-refractivity contribution in [3.05, 3.63) is 192 Å². The van der Waals surface area contributed by atoms with Crippen LogP contribution in [0, 0.1) is 22.7 Å². The lowest BCUT2D eigenvalue weighted by Gasteiger charge is -2.29. The van der Waals surface area contributed by atoms with E-state index >= 15 is 0 Å². The molecule has 2 fully saturated rings. The molecule has 6 nitrogen and oxygen atoms in total. The molecule has 2 aliphatic carbocycles. The minimum atomic E-state index is 0.488. The summed E-state index contributed by atoms with van der Waals surface area (Å²) in [7, 11) is 0. The molecular weight excluding hydrogens is 881 g/mol. The van der Waals surface area contributed by atoms with Gasteiger partial charge >= 0.3 is 0 Å². The van der Waals surface area contributed by atoms with E-state index in [9.17, 15) is 10.5 Å². The maximum absolute atomic E-state index is 9.93. The van der Waals surface area contributed by atoms with E-state index in [1.807, 2.05) is 24.3 Å². The van der Waals surface area contributed by atoms with E-state index in [-0.39, 0.29) is 0 Å². The number of nitrogens with zero attached hydrogens (tertiary/aromatic N) is 4. The second-order valence-corrected chi connectivity index (χ2v) is 20.2. The van der Waals surface area contributed by atoms with Crippen LogP contribution in [0.1, 0.15) is 98.3 Å². The largest absolute Gasteiger partial charge is 0.454 e. The van der Waals surface area contributed by atoms with Gasteiger partial charge in [-0.25, -0.2) is 0 Å². The predicted molar refractivity (Wildman–Crippen MR) is 295 cm³/mol. The summed E-state index contributed by atoms with van der Waals surface area (Å²) in [5, 5.41) is 31.1. The first-order valence-corrected chi connectivity index (χ1v) is 25.8. The van der Waals surface area contributed by atoms with Crippen LogP contribution in [0.5, 0.6) is 0 Å². The predicted octanol–water partition coefficient (Wildman–Crippen LogP) is 19.2. The van der Waals surface area contributed by atoms with Crippen molar-refractivity contribution >= 4 is 110 Å². The maximum atomic E-state index is 9.93. The van der Waals surface area contributed by atoms with Crippen molar-refractivity contribution in [2.75, 3.05) is 9.80 Å². The molecule has 2 saturated carbocycles. The first-order chi connectivity index (χ1) is 35.6. The molecule has 12 aromatic rings. The SMILES string of the molecule is N#Cc1ccc(N(c2ccc3ccc4c(N(c5ccc(C#N)cc5)c5cccc6c5oc5c(C7CCCCC7)cccc56)ccc5ccc2c3c54)c2cccc3c2oc2c(C4CCCCC4)cccc23)cc1. The van der Waals surface area contributed by atoms with Gasteiger partial charge in [0.1, 0.15) is 11.2 Å². The lowest BCUT2D eigenvalue weighted by Crippen LogP contribution is -2.12. The highest BCUT2D eigenvalue weighted by Crippen LogP contribution is 2.51. The monoisotopic (exact) mass is 930 g/mol. The van der Waals surface area contributed by atoms with Gasteiger partial charge in [0.25, 0.3) is 0 Å². The average molecular weight is 931 g/mol. The lowest BCUT2D eigenvalue weighted by atomic mass is 9.83. The second kappa shape index (κ2) is 17.1. The highest BCUT2D eigenvalue weighted by molar-refractivity contribution is 6.29. The summed E-state index contributed by atoms with van der Waals surface area (Å²) in [6.45, 7) is 0. The minimum absolute atomic E-state index is 0.488. The summed E-state index contributed by atoms with van der Waals surface area (Å²) in [4.78, 5) is 4.65. The van der Waals surface area contributed by atoms with Crippen molar-refractivity contribution in [3.8, 4) is 12.1 Å². The third-order valence-corrected chi connectivity index (χ3v) is 16.2. The fourth-order valence-electron chi connectivity index (χ4n) is 12.8. The Kier molecular flexibility index (Phi) is 10.0. The van der Waals surface area contributed by atoms with Gasteiger partial charge in [-0.05, 0) is 143 Å². The molecule has 0 bridgehead atoms. The molecule has 0 radical (unpaired) electrons. The molecule has 0 unspecified atom stereocenters. The highest BCUT2D eigenvalue weighted by atomic mass is 16.3. The number of furan rings is 2. The minimum Gasteiger partial charge on any atom is -0.454 e. The van der Waals surface area contributed by atoms with E-state index in [1.165, 1.54) is 86.1 Å². The molecular formula is C66H50N4O2. The first kappa shape index (κ1) is 42.3. The molecule has 0 N–H and O–H groups in total. The third-order valence-electron chi connectivity index (χ3n) is 16.2. The fourth-order valence-corrected chi connectivity index (χ4v) is 12.8. The number of nitriles is 2. The van der Waals surface area contributed by atoms with Crippen LogP contribution in [-0.2, 0) is 0 Å². The molecule has 2 heterocycles.